The number of fused-ring (bicyclic) bond motifs is 1. The first-order chi connectivity index (χ1) is 12.0. The van der Waals surface area contributed by atoms with Crippen molar-refractivity contribution in [3.05, 3.63) is 5.01 Å². The zero-order valence-electron chi connectivity index (χ0n) is 14.5. The van der Waals surface area contributed by atoms with Crippen molar-refractivity contribution >= 4 is 28.3 Å². The van der Waals surface area contributed by atoms with Crippen LogP contribution in [0.4, 0.5) is 5.13 Å². The minimum absolute atomic E-state index is 0.0377. The Kier molecular flexibility index (Phi) is 4.17. The molecular formula is C17H24N4O3S. The van der Waals surface area contributed by atoms with E-state index in [4.69, 9.17) is 0 Å². The number of hydrogen-bond acceptors (Lipinski definition) is 6. The van der Waals surface area contributed by atoms with Crippen LogP contribution in [-0.2, 0) is 16.0 Å². The lowest BCUT2D eigenvalue weighted by Gasteiger charge is -2.26. The highest BCUT2D eigenvalue weighted by Gasteiger charge is 2.59. The van der Waals surface area contributed by atoms with Crippen molar-refractivity contribution in [2.45, 2.75) is 39.0 Å². The van der Waals surface area contributed by atoms with Gasteiger partial charge in [0.15, 0.2) is 0 Å². The number of amides is 1. The maximum absolute atomic E-state index is 12.7. The third-order valence-electron chi connectivity index (χ3n) is 6.08. The Bertz CT molecular complexity index is 687. The van der Waals surface area contributed by atoms with Crippen LogP contribution in [0.1, 0.15) is 37.6 Å². The predicted molar refractivity (Wildman–Crippen MR) is 93.6 cm³/mol. The summed E-state index contributed by atoms with van der Waals surface area (Å²) >= 11 is 1.54. The van der Waals surface area contributed by atoms with Crippen LogP contribution >= 0.6 is 11.3 Å². The van der Waals surface area contributed by atoms with Gasteiger partial charge in [0, 0.05) is 38.0 Å². The molecule has 136 valence electrons. The SMILES string of the molecule is CCc1nnc(N2C[C@H]3CN(C(=O)C4CCCC4)C[C@@]3(C(=O)O)C2)s1. The zero-order valence-corrected chi connectivity index (χ0v) is 15.3. The first-order valence-electron chi connectivity index (χ1n) is 9.13. The molecule has 0 radical (unpaired) electrons. The molecule has 1 aliphatic carbocycles. The molecule has 1 aromatic heterocycles. The summed E-state index contributed by atoms with van der Waals surface area (Å²) in [5.74, 6) is -0.550. The van der Waals surface area contributed by atoms with Crippen LogP contribution < -0.4 is 4.90 Å². The van der Waals surface area contributed by atoms with E-state index in [1.165, 1.54) is 11.3 Å². The molecule has 2 aliphatic heterocycles. The number of rotatable bonds is 4. The fourth-order valence-corrected chi connectivity index (χ4v) is 5.41. The summed E-state index contributed by atoms with van der Waals surface area (Å²) in [6, 6.07) is 0. The minimum Gasteiger partial charge on any atom is -0.481 e. The summed E-state index contributed by atoms with van der Waals surface area (Å²) in [4.78, 5) is 28.7. The van der Waals surface area contributed by atoms with Crippen molar-refractivity contribution in [1.82, 2.24) is 15.1 Å². The summed E-state index contributed by atoms with van der Waals surface area (Å²) in [6.07, 6.45) is 4.97. The first kappa shape index (κ1) is 16.8. The highest BCUT2D eigenvalue weighted by atomic mass is 32.1. The van der Waals surface area contributed by atoms with E-state index >= 15 is 0 Å². The van der Waals surface area contributed by atoms with Gasteiger partial charge in [0.05, 0.1) is 0 Å². The topological polar surface area (TPSA) is 86.6 Å². The van der Waals surface area contributed by atoms with Gasteiger partial charge in [0.25, 0.3) is 0 Å². The van der Waals surface area contributed by atoms with Crippen LogP contribution in [0.25, 0.3) is 0 Å². The second-order valence-corrected chi connectivity index (χ2v) is 8.61. The van der Waals surface area contributed by atoms with E-state index < -0.39 is 11.4 Å². The number of nitrogens with zero attached hydrogens (tertiary/aromatic N) is 4. The van der Waals surface area contributed by atoms with Gasteiger partial charge in [-0.3, -0.25) is 9.59 Å². The molecule has 3 heterocycles. The number of carbonyl (C=O) groups is 2. The van der Waals surface area contributed by atoms with E-state index in [-0.39, 0.29) is 17.7 Å². The smallest absolute Gasteiger partial charge is 0.313 e. The van der Waals surface area contributed by atoms with Gasteiger partial charge in [-0.2, -0.15) is 0 Å². The predicted octanol–water partition coefficient (Wildman–Crippen LogP) is 1.64. The summed E-state index contributed by atoms with van der Waals surface area (Å²) < 4.78 is 0. The number of carboxylic acids is 1. The van der Waals surface area contributed by atoms with Gasteiger partial charge in [-0.25, -0.2) is 0 Å². The maximum atomic E-state index is 12.7. The largest absolute Gasteiger partial charge is 0.481 e. The number of aryl methyl sites for hydroxylation is 1. The highest BCUT2D eigenvalue weighted by Crippen LogP contribution is 2.45. The molecule has 0 aromatic carbocycles. The molecule has 1 N–H and O–H groups in total. The van der Waals surface area contributed by atoms with Crippen molar-refractivity contribution < 1.29 is 14.7 Å². The van der Waals surface area contributed by atoms with Gasteiger partial charge in [0.2, 0.25) is 11.0 Å². The van der Waals surface area contributed by atoms with Crippen LogP contribution in [0.5, 0.6) is 0 Å². The van der Waals surface area contributed by atoms with Crippen molar-refractivity contribution in [3.63, 3.8) is 0 Å². The molecule has 3 fully saturated rings. The van der Waals surface area contributed by atoms with E-state index in [2.05, 4.69) is 10.2 Å². The molecule has 0 unspecified atom stereocenters. The molecule has 1 amide bonds. The molecule has 1 aromatic rings. The first-order valence-corrected chi connectivity index (χ1v) is 9.94. The summed E-state index contributed by atoms with van der Waals surface area (Å²) in [7, 11) is 0. The number of aliphatic carboxylic acids is 1. The molecule has 2 saturated heterocycles. The molecule has 0 spiro atoms. The monoisotopic (exact) mass is 364 g/mol. The number of aromatic nitrogens is 2. The summed E-state index contributed by atoms with van der Waals surface area (Å²) in [5, 5.41) is 20.1. The zero-order chi connectivity index (χ0) is 17.6. The highest BCUT2D eigenvalue weighted by molar-refractivity contribution is 7.15. The maximum Gasteiger partial charge on any atom is 0.313 e. The van der Waals surface area contributed by atoms with Crippen LogP contribution in [0.2, 0.25) is 0 Å². The molecule has 0 bridgehead atoms. The third kappa shape index (κ3) is 2.70. The van der Waals surface area contributed by atoms with Crippen molar-refractivity contribution in [3.8, 4) is 0 Å². The number of hydrogen-bond donors (Lipinski definition) is 1. The number of carboxylic acid groups (broad SMARTS) is 1. The third-order valence-corrected chi connectivity index (χ3v) is 7.21. The quantitative estimate of drug-likeness (QED) is 0.874. The summed E-state index contributed by atoms with van der Waals surface area (Å²) in [5.41, 5.74) is -0.869. The van der Waals surface area contributed by atoms with Gasteiger partial charge >= 0.3 is 5.97 Å². The van der Waals surface area contributed by atoms with Crippen LogP contribution in [0.3, 0.4) is 0 Å². The molecule has 8 heteroatoms. The van der Waals surface area contributed by atoms with Crippen LogP contribution in [0.15, 0.2) is 0 Å². The molecule has 4 rings (SSSR count). The Morgan fingerprint density at radius 2 is 2.00 bits per heavy atom. The fraction of sp³-hybridized carbons (Fsp3) is 0.765. The number of anilines is 1. The Morgan fingerprint density at radius 3 is 2.60 bits per heavy atom. The average molecular weight is 364 g/mol. The van der Waals surface area contributed by atoms with Crippen LogP contribution in [0, 0.1) is 17.3 Å². The lowest BCUT2D eigenvalue weighted by atomic mass is 9.81. The van der Waals surface area contributed by atoms with Gasteiger partial charge < -0.3 is 14.9 Å². The standard InChI is InChI=1S/C17H24N4O3S/c1-2-13-18-19-16(25-13)21-8-12-7-20(9-17(12,10-21)15(23)24)14(22)11-5-3-4-6-11/h11-12H,2-10H2,1H3,(H,23,24)/t12-,17-/m1/s1. The Morgan fingerprint density at radius 1 is 1.24 bits per heavy atom. The molecule has 7 nitrogen and oxygen atoms in total. The fourth-order valence-electron chi connectivity index (χ4n) is 4.63. The number of likely N-dealkylation sites (tertiary alicyclic amines) is 1. The molecule has 25 heavy (non-hydrogen) atoms. The average Bonchev–Trinajstić information content (AvgIpc) is 3.34. The van der Waals surface area contributed by atoms with E-state index in [0.717, 1.165) is 42.2 Å². The molecule has 2 atom stereocenters. The van der Waals surface area contributed by atoms with E-state index in [9.17, 15) is 14.7 Å². The summed E-state index contributed by atoms with van der Waals surface area (Å²) in [6.45, 7) is 3.98. The van der Waals surface area contributed by atoms with Crippen LogP contribution in [-0.4, -0.2) is 58.3 Å². The lowest BCUT2D eigenvalue weighted by Crippen LogP contribution is -2.43. The molecule has 3 aliphatic rings. The second kappa shape index (κ2) is 6.23. The second-order valence-electron chi connectivity index (χ2n) is 7.57. The van der Waals surface area contributed by atoms with Gasteiger partial charge in [-0.15, -0.1) is 10.2 Å². The van der Waals surface area contributed by atoms with Crippen molar-refractivity contribution in [2.24, 2.45) is 17.3 Å². The Labute approximate surface area is 151 Å². The molecular weight excluding hydrogens is 340 g/mol. The van der Waals surface area contributed by atoms with E-state index in [0.29, 0.717) is 26.2 Å². The van der Waals surface area contributed by atoms with Crippen molar-refractivity contribution in [2.75, 3.05) is 31.1 Å². The Balaban J connectivity index is 1.51. The normalized spacial score (nSPS) is 29.4. The minimum atomic E-state index is -0.869. The van der Waals surface area contributed by atoms with E-state index in [1.807, 2.05) is 16.7 Å². The van der Waals surface area contributed by atoms with E-state index in [1.54, 1.807) is 0 Å². The van der Waals surface area contributed by atoms with Gasteiger partial charge in [-0.1, -0.05) is 31.1 Å². The Hall–Kier alpha value is -1.70. The van der Waals surface area contributed by atoms with Gasteiger partial charge in [0.1, 0.15) is 10.4 Å². The molecule has 1 saturated carbocycles. The number of carbonyl (C=O) groups excluding carboxylic acids is 1. The van der Waals surface area contributed by atoms with Crippen molar-refractivity contribution in [1.29, 1.82) is 0 Å². The van der Waals surface area contributed by atoms with Gasteiger partial charge in [-0.05, 0) is 19.3 Å². The lowest BCUT2D eigenvalue weighted by molar-refractivity contribution is -0.148.